The lowest BCUT2D eigenvalue weighted by atomic mass is 10.0. The molecular weight excluding hydrogens is 332 g/mol. The Balaban J connectivity index is 2.03. The first kappa shape index (κ1) is 17.3. The number of ether oxygens (including phenoxy) is 1. The molecule has 0 radical (unpaired) electrons. The number of aromatic carboxylic acids is 1. The number of carboxylic acid groups (broad SMARTS) is 1. The molecule has 0 atom stereocenters. The monoisotopic (exact) mass is 348 g/mol. The Morgan fingerprint density at radius 1 is 1.08 bits per heavy atom. The molecule has 2 N–H and O–H groups in total. The van der Waals surface area contributed by atoms with Crippen molar-refractivity contribution in [3.05, 3.63) is 72.1 Å². The van der Waals surface area contributed by atoms with Crippen LogP contribution in [0, 0.1) is 11.3 Å². The molecule has 0 spiro atoms. The van der Waals surface area contributed by atoms with E-state index < -0.39 is 5.97 Å². The summed E-state index contributed by atoms with van der Waals surface area (Å²) in [7, 11) is 0. The number of aliphatic hydroxyl groups is 1. The van der Waals surface area contributed by atoms with Crippen LogP contribution in [-0.4, -0.2) is 34.0 Å². The maximum atomic E-state index is 11.0. The van der Waals surface area contributed by atoms with Gasteiger partial charge in [-0.05, 0) is 30.3 Å². The molecule has 0 unspecified atom stereocenters. The van der Waals surface area contributed by atoms with E-state index in [1.165, 1.54) is 12.1 Å². The Hall–Kier alpha value is -3.56. The second kappa shape index (κ2) is 7.55. The van der Waals surface area contributed by atoms with Crippen molar-refractivity contribution >= 4 is 5.97 Å². The SMILES string of the molecule is N#Cc1cn(-c2ccc(C(=O)O)cc2)cc1-c1ccccc1OCCO. The first-order valence-corrected chi connectivity index (χ1v) is 7.93. The van der Waals surface area contributed by atoms with Gasteiger partial charge in [-0.15, -0.1) is 0 Å². The van der Waals surface area contributed by atoms with Crippen molar-refractivity contribution in [2.75, 3.05) is 13.2 Å². The number of rotatable bonds is 6. The number of aromatic nitrogens is 1. The lowest BCUT2D eigenvalue weighted by Crippen LogP contribution is -2.02. The highest BCUT2D eigenvalue weighted by Gasteiger charge is 2.14. The van der Waals surface area contributed by atoms with E-state index in [1.54, 1.807) is 35.2 Å². The molecule has 0 bridgehead atoms. The van der Waals surface area contributed by atoms with Crippen molar-refractivity contribution in [1.29, 1.82) is 5.26 Å². The molecule has 0 aliphatic heterocycles. The maximum Gasteiger partial charge on any atom is 0.335 e. The molecule has 3 rings (SSSR count). The Bertz CT molecular complexity index is 968. The van der Waals surface area contributed by atoms with Crippen LogP contribution in [0.4, 0.5) is 0 Å². The van der Waals surface area contributed by atoms with Gasteiger partial charge in [0.25, 0.3) is 0 Å². The maximum absolute atomic E-state index is 11.0. The summed E-state index contributed by atoms with van der Waals surface area (Å²) in [6, 6.07) is 15.9. The predicted molar refractivity (Wildman–Crippen MR) is 95.5 cm³/mol. The molecule has 6 nitrogen and oxygen atoms in total. The number of carboxylic acids is 1. The van der Waals surface area contributed by atoms with Crippen molar-refractivity contribution in [3.63, 3.8) is 0 Å². The van der Waals surface area contributed by atoms with Gasteiger partial charge < -0.3 is 19.5 Å². The smallest absolute Gasteiger partial charge is 0.335 e. The van der Waals surface area contributed by atoms with Crippen molar-refractivity contribution < 1.29 is 19.7 Å². The average Bonchev–Trinajstić information content (AvgIpc) is 3.11. The van der Waals surface area contributed by atoms with Crippen LogP contribution in [-0.2, 0) is 0 Å². The highest BCUT2D eigenvalue weighted by Crippen LogP contribution is 2.33. The van der Waals surface area contributed by atoms with Crippen molar-refractivity contribution in [2.45, 2.75) is 0 Å². The Labute approximate surface area is 150 Å². The summed E-state index contributed by atoms with van der Waals surface area (Å²) in [6.45, 7) is 0.0621. The third kappa shape index (κ3) is 3.43. The zero-order chi connectivity index (χ0) is 18.5. The zero-order valence-electron chi connectivity index (χ0n) is 13.8. The summed E-state index contributed by atoms with van der Waals surface area (Å²) in [6.07, 6.45) is 3.49. The van der Waals surface area contributed by atoms with Gasteiger partial charge in [-0.3, -0.25) is 0 Å². The lowest BCUT2D eigenvalue weighted by Gasteiger charge is -2.09. The normalized spacial score (nSPS) is 10.3. The minimum Gasteiger partial charge on any atom is -0.491 e. The van der Waals surface area contributed by atoms with Crippen LogP contribution in [0.15, 0.2) is 60.9 Å². The van der Waals surface area contributed by atoms with Gasteiger partial charge in [-0.2, -0.15) is 5.26 Å². The molecule has 0 fully saturated rings. The Morgan fingerprint density at radius 2 is 1.81 bits per heavy atom. The number of nitrogens with zero attached hydrogens (tertiary/aromatic N) is 2. The highest BCUT2D eigenvalue weighted by molar-refractivity contribution is 5.87. The number of hydrogen-bond donors (Lipinski definition) is 2. The largest absolute Gasteiger partial charge is 0.491 e. The van der Waals surface area contributed by atoms with Gasteiger partial charge in [0.2, 0.25) is 0 Å². The average molecular weight is 348 g/mol. The van der Waals surface area contributed by atoms with Crippen LogP contribution in [0.1, 0.15) is 15.9 Å². The van der Waals surface area contributed by atoms with E-state index in [0.29, 0.717) is 16.9 Å². The number of aliphatic hydroxyl groups excluding tert-OH is 1. The van der Waals surface area contributed by atoms with Gasteiger partial charge in [0.05, 0.1) is 17.7 Å². The van der Waals surface area contributed by atoms with E-state index in [4.69, 9.17) is 14.9 Å². The molecule has 6 heteroatoms. The second-order valence-corrected chi connectivity index (χ2v) is 5.52. The molecule has 0 saturated carbocycles. The molecular formula is C20H16N2O4. The van der Waals surface area contributed by atoms with Crippen molar-refractivity contribution in [2.24, 2.45) is 0 Å². The summed E-state index contributed by atoms with van der Waals surface area (Å²) in [5.41, 5.74) is 2.85. The van der Waals surface area contributed by atoms with Gasteiger partial charge in [0.15, 0.2) is 0 Å². The van der Waals surface area contributed by atoms with Gasteiger partial charge in [0, 0.05) is 29.2 Å². The minimum absolute atomic E-state index is 0.101. The number of nitriles is 1. The van der Waals surface area contributed by atoms with Crippen LogP contribution < -0.4 is 4.74 Å². The van der Waals surface area contributed by atoms with Crippen LogP contribution in [0.5, 0.6) is 5.75 Å². The van der Waals surface area contributed by atoms with Gasteiger partial charge in [-0.25, -0.2) is 4.79 Å². The van der Waals surface area contributed by atoms with E-state index in [2.05, 4.69) is 6.07 Å². The summed E-state index contributed by atoms with van der Waals surface area (Å²) >= 11 is 0. The third-order valence-electron chi connectivity index (χ3n) is 3.89. The number of para-hydroxylation sites is 1. The molecule has 26 heavy (non-hydrogen) atoms. The standard InChI is InChI=1S/C20H16N2O4/c21-11-15-12-22(16-7-5-14(6-8-16)20(24)25)13-18(15)17-3-1-2-4-19(17)26-10-9-23/h1-8,12-13,23H,9-10H2,(H,24,25). The summed E-state index contributed by atoms with van der Waals surface area (Å²) in [5, 5.41) is 27.5. The quantitative estimate of drug-likeness (QED) is 0.714. The fraction of sp³-hybridized carbons (Fsp3) is 0.100. The predicted octanol–water partition coefficient (Wildman–Crippen LogP) is 3.09. The number of hydrogen-bond acceptors (Lipinski definition) is 4. The van der Waals surface area contributed by atoms with Gasteiger partial charge in [0.1, 0.15) is 18.4 Å². The molecule has 3 aromatic rings. The fourth-order valence-electron chi connectivity index (χ4n) is 2.65. The van der Waals surface area contributed by atoms with Crippen molar-refractivity contribution in [1.82, 2.24) is 4.57 Å². The molecule has 0 aliphatic rings. The lowest BCUT2D eigenvalue weighted by molar-refractivity contribution is 0.0697. The fourth-order valence-corrected chi connectivity index (χ4v) is 2.65. The van der Waals surface area contributed by atoms with E-state index in [-0.39, 0.29) is 18.8 Å². The zero-order valence-corrected chi connectivity index (χ0v) is 13.8. The molecule has 0 aliphatic carbocycles. The first-order valence-electron chi connectivity index (χ1n) is 7.93. The number of carbonyl (C=O) groups is 1. The summed E-state index contributed by atoms with van der Waals surface area (Å²) < 4.78 is 7.33. The van der Waals surface area contributed by atoms with Gasteiger partial charge in [-0.1, -0.05) is 18.2 Å². The first-order chi connectivity index (χ1) is 12.6. The van der Waals surface area contributed by atoms with E-state index >= 15 is 0 Å². The Morgan fingerprint density at radius 3 is 2.46 bits per heavy atom. The van der Waals surface area contributed by atoms with Crippen molar-refractivity contribution in [3.8, 4) is 28.6 Å². The molecule has 0 saturated heterocycles. The van der Waals surface area contributed by atoms with E-state index in [1.807, 2.05) is 18.2 Å². The summed E-state index contributed by atoms with van der Waals surface area (Å²) in [5.74, 6) is -0.408. The molecule has 0 amide bonds. The van der Waals surface area contributed by atoms with Crippen LogP contribution in [0.3, 0.4) is 0 Å². The minimum atomic E-state index is -0.989. The summed E-state index contributed by atoms with van der Waals surface area (Å²) in [4.78, 5) is 11.0. The van der Waals surface area contributed by atoms with Gasteiger partial charge >= 0.3 is 5.97 Å². The topological polar surface area (TPSA) is 95.5 Å². The molecule has 1 heterocycles. The Kier molecular flexibility index (Phi) is 5.02. The second-order valence-electron chi connectivity index (χ2n) is 5.52. The van der Waals surface area contributed by atoms with Crippen LogP contribution in [0.2, 0.25) is 0 Å². The highest BCUT2D eigenvalue weighted by atomic mass is 16.5. The van der Waals surface area contributed by atoms with E-state index in [0.717, 1.165) is 11.3 Å². The van der Waals surface area contributed by atoms with Crippen LogP contribution >= 0.6 is 0 Å². The molecule has 1 aromatic heterocycles. The number of benzene rings is 2. The molecule has 130 valence electrons. The van der Waals surface area contributed by atoms with E-state index in [9.17, 15) is 10.1 Å². The van der Waals surface area contributed by atoms with Crippen LogP contribution in [0.25, 0.3) is 16.8 Å². The third-order valence-corrected chi connectivity index (χ3v) is 3.89. The molecule has 2 aromatic carbocycles.